The van der Waals surface area contributed by atoms with Crippen molar-refractivity contribution in [3.8, 4) is 11.5 Å². The molecule has 0 N–H and O–H groups in total. The van der Waals surface area contributed by atoms with Gasteiger partial charge in [0.25, 0.3) is 11.6 Å². The van der Waals surface area contributed by atoms with Crippen molar-refractivity contribution in [1.29, 1.82) is 0 Å². The van der Waals surface area contributed by atoms with Crippen LogP contribution in [-0.2, 0) is 11.3 Å². The van der Waals surface area contributed by atoms with Crippen LogP contribution in [0.1, 0.15) is 33.2 Å². The zero-order valence-corrected chi connectivity index (χ0v) is 16.0. The fraction of sp³-hybridized carbons (Fsp3) is 0.300. The van der Waals surface area contributed by atoms with Crippen molar-refractivity contribution in [2.75, 3.05) is 26.9 Å². The number of hydrogen-bond donors (Lipinski definition) is 0. The van der Waals surface area contributed by atoms with Gasteiger partial charge in [-0.2, -0.15) is 0 Å². The molecule has 3 rings (SSSR count). The maximum absolute atomic E-state index is 13.0. The second-order valence-corrected chi connectivity index (χ2v) is 6.31. The molecule has 29 heavy (non-hydrogen) atoms. The lowest BCUT2D eigenvalue weighted by Gasteiger charge is -2.23. The summed E-state index contributed by atoms with van der Waals surface area (Å²) in [6.45, 7) is 3.37. The Morgan fingerprint density at radius 1 is 1.10 bits per heavy atom. The molecule has 152 valence electrons. The van der Waals surface area contributed by atoms with Crippen LogP contribution in [0, 0.1) is 10.1 Å². The summed E-state index contributed by atoms with van der Waals surface area (Å²) >= 11 is 0. The number of ether oxygens (including phenoxy) is 3. The van der Waals surface area contributed by atoms with Crippen molar-refractivity contribution in [2.45, 2.75) is 13.5 Å². The molecular formula is C20H20N2O7. The minimum Gasteiger partial charge on any atom is -0.486 e. The summed E-state index contributed by atoms with van der Waals surface area (Å²) in [7, 11) is 1.17. The summed E-state index contributed by atoms with van der Waals surface area (Å²) in [5.41, 5.74) is 0.453. The first-order valence-electron chi connectivity index (χ1n) is 8.98. The number of methoxy groups -OCH3 is 1. The number of carbonyl (C=O) groups is 2. The molecule has 0 atom stereocenters. The van der Waals surface area contributed by atoms with E-state index in [-0.39, 0.29) is 23.4 Å². The van der Waals surface area contributed by atoms with Gasteiger partial charge in [-0.1, -0.05) is 6.07 Å². The molecule has 2 aromatic carbocycles. The number of nitrogens with zero attached hydrogens (tertiary/aromatic N) is 2. The number of carbonyl (C=O) groups excluding carboxylic acids is 2. The van der Waals surface area contributed by atoms with Gasteiger partial charge in [0.05, 0.1) is 17.6 Å². The van der Waals surface area contributed by atoms with E-state index in [4.69, 9.17) is 9.47 Å². The minimum absolute atomic E-state index is 0.0407. The van der Waals surface area contributed by atoms with Gasteiger partial charge in [0, 0.05) is 30.8 Å². The summed E-state index contributed by atoms with van der Waals surface area (Å²) in [5.74, 6) is 0.0743. The van der Waals surface area contributed by atoms with Gasteiger partial charge in [0.1, 0.15) is 13.2 Å². The van der Waals surface area contributed by atoms with Crippen LogP contribution in [0.15, 0.2) is 36.4 Å². The highest BCUT2D eigenvalue weighted by atomic mass is 16.6. The first-order chi connectivity index (χ1) is 13.9. The number of non-ortho nitro benzene ring substituents is 1. The molecular weight excluding hydrogens is 380 g/mol. The average Bonchev–Trinajstić information content (AvgIpc) is 2.75. The molecule has 0 saturated heterocycles. The van der Waals surface area contributed by atoms with Crippen molar-refractivity contribution in [1.82, 2.24) is 4.90 Å². The van der Waals surface area contributed by atoms with Gasteiger partial charge in [-0.3, -0.25) is 14.9 Å². The van der Waals surface area contributed by atoms with E-state index in [0.717, 1.165) is 17.7 Å². The Morgan fingerprint density at radius 2 is 1.79 bits per heavy atom. The fourth-order valence-corrected chi connectivity index (χ4v) is 2.99. The summed E-state index contributed by atoms with van der Waals surface area (Å²) in [6.07, 6.45) is 0. The van der Waals surface area contributed by atoms with Crippen LogP contribution in [0.4, 0.5) is 5.69 Å². The van der Waals surface area contributed by atoms with E-state index in [2.05, 4.69) is 4.74 Å². The Kier molecular flexibility index (Phi) is 5.96. The SMILES string of the molecule is CCN(Cc1ccc2c(c1)OCCO2)C(=O)c1cc(C(=O)OC)cc([N+](=O)[O-])c1. The van der Waals surface area contributed by atoms with Gasteiger partial charge in [0.15, 0.2) is 11.5 Å². The lowest BCUT2D eigenvalue weighted by molar-refractivity contribution is -0.384. The first kappa shape index (κ1) is 20.1. The predicted molar refractivity (Wildman–Crippen MR) is 102 cm³/mol. The van der Waals surface area contributed by atoms with E-state index < -0.39 is 16.8 Å². The van der Waals surface area contributed by atoms with E-state index in [1.54, 1.807) is 19.1 Å². The van der Waals surface area contributed by atoms with Gasteiger partial charge in [-0.25, -0.2) is 4.79 Å². The third-order valence-electron chi connectivity index (χ3n) is 4.45. The number of nitro benzene ring substituents is 1. The topological polar surface area (TPSA) is 108 Å². The maximum Gasteiger partial charge on any atom is 0.338 e. The average molecular weight is 400 g/mol. The fourth-order valence-electron chi connectivity index (χ4n) is 2.99. The number of hydrogen-bond acceptors (Lipinski definition) is 7. The second-order valence-electron chi connectivity index (χ2n) is 6.31. The number of esters is 1. The van der Waals surface area contributed by atoms with E-state index in [0.29, 0.717) is 31.3 Å². The van der Waals surface area contributed by atoms with Gasteiger partial charge in [-0.15, -0.1) is 0 Å². The lowest BCUT2D eigenvalue weighted by Crippen LogP contribution is -2.30. The molecule has 1 heterocycles. The van der Waals surface area contributed by atoms with Crippen LogP contribution >= 0.6 is 0 Å². The van der Waals surface area contributed by atoms with Crippen molar-refractivity contribution >= 4 is 17.6 Å². The molecule has 1 aliphatic rings. The molecule has 0 bridgehead atoms. The van der Waals surface area contributed by atoms with E-state index in [9.17, 15) is 19.7 Å². The number of fused-ring (bicyclic) bond motifs is 1. The summed E-state index contributed by atoms with van der Waals surface area (Å²) in [6, 6.07) is 8.95. The Hall–Kier alpha value is -3.62. The minimum atomic E-state index is -0.752. The molecule has 9 heteroatoms. The molecule has 0 aromatic heterocycles. The third-order valence-corrected chi connectivity index (χ3v) is 4.45. The van der Waals surface area contributed by atoms with Gasteiger partial charge >= 0.3 is 5.97 Å². The Bertz CT molecular complexity index is 958. The highest BCUT2D eigenvalue weighted by Crippen LogP contribution is 2.31. The zero-order valence-electron chi connectivity index (χ0n) is 16.0. The molecule has 0 aliphatic carbocycles. The van der Waals surface area contributed by atoms with Crippen LogP contribution in [0.3, 0.4) is 0 Å². The van der Waals surface area contributed by atoms with Crippen LogP contribution < -0.4 is 9.47 Å². The highest BCUT2D eigenvalue weighted by Gasteiger charge is 2.22. The normalized spacial score (nSPS) is 12.2. The zero-order chi connectivity index (χ0) is 21.0. The van der Waals surface area contributed by atoms with Crippen molar-refractivity contribution in [3.63, 3.8) is 0 Å². The van der Waals surface area contributed by atoms with Crippen LogP contribution in [-0.4, -0.2) is 48.6 Å². The van der Waals surface area contributed by atoms with E-state index >= 15 is 0 Å². The Balaban J connectivity index is 1.88. The second kappa shape index (κ2) is 8.59. The molecule has 0 unspecified atom stereocenters. The van der Waals surface area contributed by atoms with Gasteiger partial charge in [0.2, 0.25) is 0 Å². The summed E-state index contributed by atoms with van der Waals surface area (Å²) < 4.78 is 15.7. The molecule has 9 nitrogen and oxygen atoms in total. The molecule has 2 aromatic rings. The number of benzene rings is 2. The first-order valence-corrected chi connectivity index (χ1v) is 8.98. The van der Waals surface area contributed by atoms with Crippen LogP contribution in [0.2, 0.25) is 0 Å². The molecule has 0 spiro atoms. The van der Waals surface area contributed by atoms with Crippen LogP contribution in [0.5, 0.6) is 11.5 Å². The largest absolute Gasteiger partial charge is 0.486 e. The smallest absolute Gasteiger partial charge is 0.338 e. The highest BCUT2D eigenvalue weighted by molar-refractivity contribution is 5.99. The van der Waals surface area contributed by atoms with Crippen molar-refractivity contribution in [2.24, 2.45) is 0 Å². The van der Waals surface area contributed by atoms with Crippen molar-refractivity contribution in [3.05, 3.63) is 63.2 Å². The van der Waals surface area contributed by atoms with Crippen molar-refractivity contribution < 1.29 is 28.7 Å². The lowest BCUT2D eigenvalue weighted by atomic mass is 10.1. The summed E-state index contributed by atoms with van der Waals surface area (Å²) in [4.78, 5) is 36.9. The maximum atomic E-state index is 13.0. The molecule has 0 radical (unpaired) electrons. The Labute approximate surface area is 166 Å². The molecule has 0 fully saturated rings. The van der Waals surface area contributed by atoms with Gasteiger partial charge < -0.3 is 19.1 Å². The predicted octanol–water partition coefficient (Wildman–Crippen LogP) is 2.81. The number of amides is 1. The Morgan fingerprint density at radius 3 is 2.45 bits per heavy atom. The van der Waals surface area contributed by atoms with E-state index in [1.165, 1.54) is 18.1 Å². The number of nitro groups is 1. The van der Waals surface area contributed by atoms with E-state index in [1.807, 2.05) is 6.07 Å². The molecule has 0 saturated carbocycles. The van der Waals surface area contributed by atoms with Crippen LogP contribution in [0.25, 0.3) is 0 Å². The third kappa shape index (κ3) is 4.45. The standard InChI is InChI=1S/C20H20N2O7/c1-3-21(12-13-4-5-17-18(8-13)29-7-6-28-17)19(23)14-9-15(20(24)27-2)11-16(10-14)22(25)26/h4-5,8-11H,3,6-7,12H2,1-2H3. The molecule has 1 aliphatic heterocycles. The number of rotatable bonds is 6. The monoisotopic (exact) mass is 400 g/mol. The molecule has 1 amide bonds. The van der Waals surface area contributed by atoms with Gasteiger partial charge in [-0.05, 0) is 30.7 Å². The summed E-state index contributed by atoms with van der Waals surface area (Å²) in [5, 5.41) is 11.2. The quantitative estimate of drug-likeness (QED) is 0.417.